The van der Waals surface area contributed by atoms with E-state index in [0.717, 1.165) is 0 Å². The number of allylic oxidation sites excluding steroid dienone is 1. The van der Waals surface area contributed by atoms with Gasteiger partial charge in [0.15, 0.2) is 0 Å². The summed E-state index contributed by atoms with van der Waals surface area (Å²) in [6, 6.07) is 6.37. The van der Waals surface area contributed by atoms with Crippen LogP contribution in [0.15, 0.2) is 36.0 Å². The molecule has 1 fully saturated rings. The Morgan fingerprint density at radius 1 is 1.43 bits per heavy atom. The Bertz CT molecular complexity index is 613. The predicted molar refractivity (Wildman–Crippen MR) is 76.1 cm³/mol. The van der Waals surface area contributed by atoms with E-state index in [0.29, 0.717) is 11.3 Å². The number of nitrogens with one attached hydrogen (secondary N) is 1. The molecule has 0 radical (unpaired) electrons. The number of rotatable bonds is 3. The standard InChI is InChI=1S/C15H17F3N2O3/c1-3-11-9-14(22,15(16,17)18)20(19-11)13(21)8-10-4-6-12(23-2)7-5-10/h3-7,19,22H,8-9H2,1-2H3. The van der Waals surface area contributed by atoms with Gasteiger partial charge < -0.3 is 9.84 Å². The van der Waals surface area contributed by atoms with Crippen LogP contribution in [0, 0.1) is 0 Å². The highest BCUT2D eigenvalue weighted by molar-refractivity contribution is 5.79. The van der Waals surface area contributed by atoms with Crippen LogP contribution >= 0.6 is 0 Å². The molecule has 2 N–H and O–H groups in total. The summed E-state index contributed by atoms with van der Waals surface area (Å²) in [5.74, 6) is -0.310. The minimum atomic E-state index is -4.97. The largest absolute Gasteiger partial charge is 0.497 e. The van der Waals surface area contributed by atoms with Crippen LogP contribution < -0.4 is 10.2 Å². The van der Waals surface area contributed by atoms with Crippen LogP contribution in [0.2, 0.25) is 0 Å². The van der Waals surface area contributed by atoms with Gasteiger partial charge in [-0.15, -0.1) is 0 Å². The molecule has 1 amide bonds. The first-order valence-electron chi connectivity index (χ1n) is 6.88. The van der Waals surface area contributed by atoms with Crippen LogP contribution in [0.1, 0.15) is 18.9 Å². The third kappa shape index (κ3) is 3.26. The van der Waals surface area contributed by atoms with Crippen LogP contribution in [-0.2, 0) is 11.2 Å². The molecule has 0 aromatic heterocycles. The van der Waals surface area contributed by atoms with Crippen molar-refractivity contribution in [2.24, 2.45) is 0 Å². The molecule has 1 aliphatic heterocycles. The zero-order chi connectivity index (χ0) is 17.3. The number of hydrogen-bond acceptors (Lipinski definition) is 4. The second-order valence-corrected chi connectivity index (χ2v) is 5.17. The lowest BCUT2D eigenvalue weighted by Gasteiger charge is -2.33. The van der Waals surface area contributed by atoms with Crippen molar-refractivity contribution in [3.8, 4) is 5.75 Å². The van der Waals surface area contributed by atoms with Crippen molar-refractivity contribution in [3.05, 3.63) is 41.6 Å². The van der Waals surface area contributed by atoms with Crippen molar-refractivity contribution in [1.82, 2.24) is 10.4 Å². The smallest absolute Gasteiger partial charge is 0.438 e. The van der Waals surface area contributed by atoms with Crippen molar-refractivity contribution in [3.63, 3.8) is 0 Å². The minimum absolute atomic E-state index is 0.132. The Labute approximate surface area is 131 Å². The van der Waals surface area contributed by atoms with E-state index in [1.807, 2.05) is 0 Å². The average molecular weight is 330 g/mol. The Morgan fingerprint density at radius 2 is 2.04 bits per heavy atom. The molecule has 126 valence electrons. The fraction of sp³-hybridized carbons (Fsp3) is 0.400. The molecule has 1 aliphatic rings. The topological polar surface area (TPSA) is 61.8 Å². The third-order valence-corrected chi connectivity index (χ3v) is 3.63. The fourth-order valence-electron chi connectivity index (χ4n) is 2.28. The molecule has 8 heteroatoms. The monoisotopic (exact) mass is 330 g/mol. The number of benzene rings is 1. The Hall–Kier alpha value is -2.22. The summed E-state index contributed by atoms with van der Waals surface area (Å²) in [5.41, 5.74) is -0.278. The van der Waals surface area contributed by atoms with E-state index in [-0.39, 0.29) is 17.1 Å². The average Bonchev–Trinajstić information content (AvgIpc) is 2.86. The van der Waals surface area contributed by atoms with E-state index in [4.69, 9.17) is 4.74 Å². The summed E-state index contributed by atoms with van der Waals surface area (Å²) in [6.45, 7) is 1.52. The van der Waals surface area contributed by atoms with Gasteiger partial charge in [0.1, 0.15) is 5.75 Å². The quantitative estimate of drug-likeness (QED) is 0.891. The maximum atomic E-state index is 13.2. The van der Waals surface area contributed by atoms with Crippen molar-refractivity contribution >= 4 is 5.91 Å². The van der Waals surface area contributed by atoms with Crippen molar-refractivity contribution in [1.29, 1.82) is 0 Å². The summed E-state index contributed by atoms with van der Waals surface area (Å²) in [7, 11) is 1.48. The predicted octanol–water partition coefficient (Wildman–Crippen LogP) is 2.13. The van der Waals surface area contributed by atoms with Crippen molar-refractivity contribution < 1.29 is 27.8 Å². The van der Waals surface area contributed by atoms with Crippen LogP contribution in [0.5, 0.6) is 5.75 Å². The number of methoxy groups -OCH3 is 1. The number of nitrogens with zero attached hydrogens (tertiary/aromatic N) is 1. The SMILES string of the molecule is CC=C1CC(O)(C(F)(F)F)N(C(=O)Cc2ccc(OC)cc2)N1. The first kappa shape index (κ1) is 17.1. The van der Waals surface area contributed by atoms with Crippen LogP contribution in [0.3, 0.4) is 0 Å². The van der Waals surface area contributed by atoms with Crippen LogP contribution in [-0.4, -0.2) is 35.0 Å². The molecule has 1 aromatic rings. The normalized spacial score (nSPS) is 23.0. The Morgan fingerprint density at radius 3 is 2.52 bits per heavy atom. The number of aliphatic hydroxyl groups is 1. The van der Waals surface area contributed by atoms with E-state index < -0.39 is 24.2 Å². The molecule has 23 heavy (non-hydrogen) atoms. The van der Waals surface area contributed by atoms with Gasteiger partial charge in [0.2, 0.25) is 5.91 Å². The molecule has 2 rings (SSSR count). The van der Waals surface area contributed by atoms with Gasteiger partial charge >= 0.3 is 6.18 Å². The number of amides is 1. The fourth-order valence-corrected chi connectivity index (χ4v) is 2.28. The molecular formula is C15H17F3N2O3. The molecule has 1 atom stereocenters. The van der Waals surface area contributed by atoms with Crippen molar-refractivity contribution in [2.45, 2.75) is 31.7 Å². The van der Waals surface area contributed by atoms with Crippen molar-refractivity contribution in [2.75, 3.05) is 7.11 Å². The number of ether oxygens (including phenoxy) is 1. The number of alkyl halides is 3. The first-order chi connectivity index (χ1) is 10.7. The number of carbonyl (C=O) groups excluding carboxylic acids is 1. The molecular weight excluding hydrogens is 313 g/mol. The lowest BCUT2D eigenvalue weighted by Crippen LogP contribution is -2.60. The summed E-state index contributed by atoms with van der Waals surface area (Å²) in [4.78, 5) is 12.2. The highest BCUT2D eigenvalue weighted by Crippen LogP contribution is 2.41. The van der Waals surface area contributed by atoms with Gasteiger partial charge in [-0.05, 0) is 24.6 Å². The summed E-state index contributed by atoms with van der Waals surface area (Å²) < 4.78 is 44.5. The molecule has 1 heterocycles. The van der Waals surface area contributed by atoms with Gasteiger partial charge in [0, 0.05) is 12.1 Å². The van der Waals surface area contributed by atoms with Gasteiger partial charge in [-0.25, -0.2) is 5.01 Å². The number of hydrazine groups is 1. The molecule has 1 unspecified atom stereocenters. The first-order valence-corrected chi connectivity index (χ1v) is 6.88. The molecule has 1 saturated heterocycles. The highest BCUT2D eigenvalue weighted by Gasteiger charge is 2.63. The zero-order valence-electron chi connectivity index (χ0n) is 12.6. The molecule has 0 spiro atoms. The van der Waals surface area contributed by atoms with E-state index in [1.165, 1.54) is 20.1 Å². The van der Waals surface area contributed by atoms with Gasteiger partial charge in [0.05, 0.1) is 13.5 Å². The molecule has 0 bridgehead atoms. The molecule has 5 nitrogen and oxygen atoms in total. The molecule has 0 saturated carbocycles. The third-order valence-electron chi connectivity index (χ3n) is 3.63. The Kier molecular flexibility index (Phi) is 4.56. The number of carbonyl (C=O) groups is 1. The van der Waals surface area contributed by atoms with Gasteiger partial charge in [-0.1, -0.05) is 18.2 Å². The van der Waals surface area contributed by atoms with Crippen LogP contribution in [0.25, 0.3) is 0 Å². The highest BCUT2D eigenvalue weighted by atomic mass is 19.4. The lowest BCUT2D eigenvalue weighted by molar-refractivity contribution is -0.304. The second kappa shape index (κ2) is 6.11. The summed E-state index contributed by atoms with van der Waals surface area (Å²) in [6.07, 6.45) is -4.59. The summed E-state index contributed by atoms with van der Waals surface area (Å²) >= 11 is 0. The van der Waals surface area contributed by atoms with Crippen LogP contribution in [0.4, 0.5) is 13.2 Å². The molecule has 1 aromatic carbocycles. The number of hydrogen-bond donors (Lipinski definition) is 2. The molecule has 0 aliphatic carbocycles. The maximum absolute atomic E-state index is 13.2. The maximum Gasteiger partial charge on any atom is 0.438 e. The van der Waals surface area contributed by atoms with Gasteiger partial charge in [-0.3, -0.25) is 10.2 Å². The van der Waals surface area contributed by atoms with Gasteiger partial charge in [0.25, 0.3) is 5.72 Å². The lowest BCUT2D eigenvalue weighted by atomic mass is 10.1. The Balaban J connectivity index is 2.21. The van der Waals surface area contributed by atoms with E-state index in [1.54, 1.807) is 24.3 Å². The van der Waals surface area contributed by atoms with E-state index in [9.17, 15) is 23.1 Å². The summed E-state index contributed by atoms with van der Waals surface area (Å²) in [5, 5.41) is 10.2. The van der Waals surface area contributed by atoms with E-state index in [2.05, 4.69) is 5.43 Å². The van der Waals surface area contributed by atoms with Gasteiger partial charge in [-0.2, -0.15) is 13.2 Å². The van der Waals surface area contributed by atoms with E-state index >= 15 is 0 Å². The zero-order valence-corrected chi connectivity index (χ0v) is 12.6. The minimum Gasteiger partial charge on any atom is -0.497 e. The number of halogens is 3. The second-order valence-electron chi connectivity index (χ2n) is 5.17.